The number of carbonyl (C=O) groups excluding carboxylic acids is 2. The minimum Gasteiger partial charge on any atom is -0.448 e. The molecule has 5 heteroatoms. The predicted octanol–water partition coefficient (Wildman–Crippen LogP) is 1.80. The topological polar surface area (TPSA) is 68.3 Å². The van der Waals surface area contributed by atoms with E-state index in [2.05, 4.69) is 10.3 Å². The highest BCUT2D eigenvalue weighted by atomic mass is 16.5. The molecule has 1 aliphatic heterocycles. The normalized spacial score (nSPS) is 17.0. The number of anilines is 1. The van der Waals surface area contributed by atoms with Gasteiger partial charge in [0.15, 0.2) is 6.10 Å². The second-order valence-electron chi connectivity index (χ2n) is 4.48. The molecule has 100 valence electrons. The first kappa shape index (κ1) is 12.3. The maximum absolute atomic E-state index is 12.1. The van der Waals surface area contributed by atoms with E-state index >= 15 is 0 Å². The molecule has 0 radical (unpaired) electrons. The number of nitrogens with one attached hydrogen (secondary N) is 1. The lowest BCUT2D eigenvalue weighted by molar-refractivity contribution is -0.125. The van der Waals surface area contributed by atoms with Crippen LogP contribution in [0.25, 0.3) is 0 Å². The Morgan fingerprint density at radius 1 is 1.20 bits per heavy atom. The zero-order valence-electron chi connectivity index (χ0n) is 10.6. The van der Waals surface area contributed by atoms with Crippen molar-refractivity contribution in [3.63, 3.8) is 0 Å². The van der Waals surface area contributed by atoms with Gasteiger partial charge in [0.25, 0.3) is 5.91 Å². The SMILES string of the molecule is O=C1O[C@@H](C(=O)Nc2ccncc2)Cc2ccccc21. The van der Waals surface area contributed by atoms with Gasteiger partial charge in [-0.15, -0.1) is 0 Å². The summed E-state index contributed by atoms with van der Waals surface area (Å²) in [5.41, 5.74) is 1.99. The number of hydrogen-bond acceptors (Lipinski definition) is 4. The molecular formula is C15H12N2O3. The molecule has 2 heterocycles. The number of fused-ring (bicyclic) bond motifs is 1. The Labute approximate surface area is 115 Å². The minimum atomic E-state index is -0.800. The van der Waals surface area contributed by atoms with E-state index in [1.165, 1.54) is 0 Å². The number of aromatic nitrogens is 1. The van der Waals surface area contributed by atoms with Crippen LogP contribution in [0.15, 0.2) is 48.8 Å². The van der Waals surface area contributed by atoms with Crippen LogP contribution in [0.3, 0.4) is 0 Å². The highest BCUT2D eigenvalue weighted by molar-refractivity contribution is 5.99. The van der Waals surface area contributed by atoms with Crippen LogP contribution in [0.4, 0.5) is 5.69 Å². The molecule has 0 bridgehead atoms. The number of rotatable bonds is 2. The first-order chi connectivity index (χ1) is 9.74. The van der Waals surface area contributed by atoms with Crippen LogP contribution in [0, 0.1) is 0 Å². The summed E-state index contributed by atoms with van der Waals surface area (Å²) in [6, 6.07) is 10.5. The van der Waals surface area contributed by atoms with Crippen LogP contribution < -0.4 is 5.32 Å². The quantitative estimate of drug-likeness (QED) is 0.843. The monoisotopic (exact) mass is 268 g/mol. The number of benzene rings is 1. The van der Waals surface area contributed by atoms with Gasteiger partial charge < -0.3 is 10.1 Å². The Bertz CT molecular complexity index is 655. The van der Waals surface area contributed by atoms with E-state index in [1.54, 1.807) is 36.7 Å². The molecule has 0 saturated carbocycles. The molecular weight excluding hydrogens is 256 g/mol. The highest BCUT2D eigenvalue weighted by Crippen LogP contribution is 2.21. The minimum absolute atomic E-state index is 0.334. The van der Waals surface area contributed by atoms with Gasteiger partial charge in [-0.2, -0.15) is 0 Å². The fraction of sp³-hybridized carbons (Fsp3) is 0.133. The van der Waals surface area contributed by atoms with Gasteiger partial charge in [0, 0.05) is 24.5 Å². The maximum Gasteiger partial charge on any atom is 0.339 e. The van der Waals surface area contributed by atoms with Crippen molar-refractivity contribution in [3.05, 3.63) is 59.9 Å². The summed E-state index contributed by atoms with van der Waals surface area (Å²) in [5.74, 6) is -0.791. The third-order valence-electron chi connectivity index (χ3n) is 3.13. The van der Waals surface area contributed by atoms with Crippen molar-refractivity contribution in [3.8, 4) is 0 Å². The molecule has 3 rings (SSSR count). The van der Waals surface area contributed by atoms with E-state index < -0.39 is 12.1 Å². The van der Waals surface area contributed by atoms with Crippen LogP contribution in [0.5, 0.6) is 0 Å². The number of pyridine rings is 1. The Morgan fingerprint density at radius 3 is 2.75 bits per heavy atom. The molecule has 20 heavy (non-hydrogen) atoms. The largest absolute Gasteiger partial charge is 0.448 e. The molecule has 1 aromatic heterocycles. The zero-order valence-corrected chi connectivity index (χ0v) is 10.6. The standard InChI is InChI=1S/C15H12N2O3/c18-14(17-11-5-7-16-8-6-11)13-9-10-3-1-2-4-12(10)15(19)20-13/h1-8,13H,9H2,(H,16,17,18)/t13-/m1/s1. The fourth-order valence-corrected chi connectivity index (χ4v) is 2.14. The Hall–Kier alpha value is -2.69. The van der Waals surface area contributed by atoms with E-state index in [-0.39, 0.29) is 5.91 Å². The van der Waals surface area contributed by atoms with Gasteiger partial charge in [0.1, 0.15) is 0 Å². The first-order valence-electron chi connectivity index (χ1n) is 6.24. The number of ether oxygens (including phenoxy) is 1. The van der Waals surface area contributed by atoms with Gasteiger partial charge in [-0.25, -0.2) is 4.79 Å². The van der Waals surface area contributed by atoms with Gasteiger partial charge in [0.05, 0.1) is 5.56 Å². The summed E-state index contributed by atoms with van der Waals surface area (Å²) < 4.78 is 5.18. The summed E-state index contributed by atoms with van der Waals surface area (Å²) in [7, 11) is 0. The van der Waals surface area contributed by atoms with Gasteiger partial charge in [-0.05, 0) is 23.8 Å². The van der Waals surface area contributed by atoms with Crippen LogP contribution >= 0.6 is 0 Å². The smallest absolute Gasteiger partial charge is 0.339 e. The number of esters is 1. The molecule has 2 aromatic rings. The molecule has 5 nitrogen and oxygen atoms in total. The number of cyclic esters (lactones) is 1. The fourth-order valence-electron chi connectivity index (χ4n) is 2.14. The average molecular weight is 268 g/mol. The second-order valence-corrected chi connectivity index (χ2v) is 4.48. The zero-order chi connectivity index (χ0) is 13.9. The van der Waals surface area contributed by atoms with Crippen LogP contribution in [0.1, 0.15) is 15.9 Å². The van der Waals surface area contributed by atoms with Crippen molar-refractivity contribution < 1.29 is 14.3 Å². The summed E-state index contributed by atoms with van der Waals surface area (Å²) >= 11 is 0. The second kappa shape index (κ2) is 5.13. The summed E-state index contributed by atoms with van der Waals surface area (Å²) in [6.45, 7) is 0. The molecule has 1 N–H and O–H groups in total. The lowest BCUT2D eigenvalue weighted by Crippen LogP contribution is -2.37. The molecule has 1 aromatic carbocycles. The Balaban J connectivity index is 1.76. The molecule has 1 amide bonds. The van der Waals surface area contributed by atoms with E-state index in [0.717, 1.165) is 5.56 Å². The number of nitrogens with zero attached hydrogens (tertiary/aromatic N) is 1. The number of hydrogen-bond donors (Lipinski definition) is 1. The lowest BCUT2D eigenvalue weighted by atomic mass is 9.98. The van der Waals surface area contributed by atoms with Crippen LogP contribution in [-0.4, -0.2) is 23.0 Å². The lowest BCUT2D eigenvalue weighted by Gasteiger charge is -2.23. The number of amides is 1. The third kappa shape index (κ3) is 2.38. The van der Waals surface area contributed by atoms with Crippen molar-refractivity contribution in [2.24, 2.45) is 0 Å². The summed E-state index contributed by atoms with van der Waals surface area (Å²) in [5, 5.41) is 2.71. The molecule has 0 unspecified atom stereocenters. The van der Waals surface area contributed by atoms with Gasteiger partial charge in [-0.1, -0.05) is 18.2 Å². The van der Waals surface area contributed by atoms with Crippen LogP contribution in [-0.2, 0) is 16.0 Å². The van der Waals surface area contributed by atoms with E-state index in [4.69, 9.17) is 4.74 Å². The van der Waals surface area contributed by atoms with Crippen molar-refractivity contribution in [2.75, 3.05) is 5.32 Å². The molecule has 0 spiro atoms. The van der Waals surface area contributed by atoms with E-state index in [0.29, 0.717) is 17.7 Å². The molecule has 1 aliphatic rings. The first-order valence-corrected chi connectivity index (χ1v) is 6.24. The van der Waals surface area contributed by atoms with Gasteiger partial charge >= 0.3 is 5.97 Å². The Kier molecular flexibility index (Phi) is 3.16. The molecule has 0 aliphatic carbocycles. The van der Waals surface area contributed by atoms with Crippen molar-refractivity contribution in [1.82, 2.24) is 4.98 Å². The highest BCUT2D eigenvalue weighted by Gasteiger charge is 2.30. The molecule has 0 saturated heterocycles. The van der Waals surface area contributed by atoms with Crippen molar-refractivity contribution in [2.45, 2.75) is 12.5 Å². The Morgan fingerprint density at radius 2 is 1.95 bits per heavy atom. The summed E-state index contributed by atoms with van der Waals surface area (Å²) in [6.07, 6.45) is 2.75. The predicted molar refractivity (Wildman–Crippen MR) is 72.2 cm³/mol. The number of carbonyl (C=O) groups is 2. The van der Waals surface area contributed by atoms with Gasteiger partial charge in [-0.3, -0.25) is 9.78 Å². The maximum atomic E-state index is 12.1. The van der Waals surface area contributed by atoms with Crippen molar-refractivity contribution in [1.29, 1.82) is 0 Å². The van der Waals surface area contributed by atoms with E-state index in [9.17, 15) is 9.59 Å². The molecule has 1 atom stereocenters. The molecule has 0 fully saturated rings. The third-order valence-corrected chi connectivity index (χ3v) is 3.13. The summed E-state index contributed by atoms with van der Waals surface area (Å²) in [4.78, 5) is 27.8. The average Bonchev–Trinajstić information content (AvgIpc) is 2.48. The van der Waals surface area contributed by atoms with Crippen LogP contribution in [0.2, 0.25) is 0 Å². The van der Waals surface area contributed by atoms with Gasteiger partial charge in [0.2, 0.25) is 0 Å². The van der Waals surface area contributed by atoms with Crippen molar-refractivity contribution >= 4 is 17.6 Å². The van der Waals surface area contributed by atoms with E-state index in [1.807, 2.05) is 12.1 Å².